The van der Waals surface area contributed by atoms with Crippen LogP contribution in [0.1, 0.15) is 23.7 Å². The lowest BCUT2D eigenvalue weighted by Crippen LogP contribution is -2.22. The van der Waals surface area contributed by atoms with E-state index in [4.69, 9.17) is 4.52 Å². The van der Waals surface area contributed by atoms with Crippen LogP contribution in [0.5, 0.6) is 0 Å². The lowest BCUT2D eigenvalue weighted by molar-refractivity contribution is -0.115. The molecule has 25 heavy (non-hydrogen) atoms. The van der Waals surface area contributed by atoms with Crippen LogP contribution in [0, 0.1) is 20.8 Å². The molecule has 7 nitrogen and oxygen atoms in total. The first-order valence-corrected chi connectivity index (χ1v) is 8.70. The maximum atomic E-state index is 12.3. The highest BCUT2D eigenvalue weighted by Crippen LogP contribution is 2.26. The Bertz CT molecular complexity index is 902. The van der Waals surface area contributed by atoms with Gasteiger partial charge in [-0.25, -0.2) is 0 Å². The summed E-state index contributed by atoms with van der Waals surface area (Å²) in [6.45, 7) is 7.70. The van der Waals surface area contributed by atoms with Crippen LogP contribution in [0.25, 0.3) is 5.69 Å². The van der Waals surface area contributed by atoms with Gasteiger partial charge in [0.2, 0.25) is 11.8 Å². The normalized spacial score (nSPS) is 12.2. The SMILES string of the molecule is Cc1ccc(-n2cnnc2SC(C)C(=O)Nc2cc(C)no2)c(C)c1. The Kier molecular flexibility index (Phi) is 4.89. The second kappa shape index (κ2) is 7.10. The summed E-state index contributed by atoms with van der Waals surface area (Å²) in [5.41, 5.74) is 4.02. The van der Waals surface area contributed by atoms with E-state index in [0.717, 1.165) is 11.3 Å². The van der Waals surface area contributed by atoms with Gasteiger partial charge < -0.3 is 4.52 Å². The van der Waals surface area contributed by atoms with E-state index < -0.39 is 0 Å². The second-order valence-corrected chi connectivity index (χ2v) is 7.16. The largest absolute Gasteiger partial charge is 0.338 e. The quantitative estimate of drug-likeness (QED) is 0.705. The predicted molar refractivity (Wildman–Crippen MR) is 96.0 cm³/mol. The molecule has 2 heterocycles. The molecule has 1 amide bonds. The zero-order chi connectivity index (χ0) is 18.0. The van der Waals surface area contributed by atoms with Gasteiger partial charge in [0.25, 0.3) is 0 Å². The van der Waals surface area contributed by atoms with Crippen LogP contribution >= 0.6 is 11.8 Å². The summed E-state index contributed by atoms with van der Waals surface area (Å²) in [6, 6.07) is 7.85. The molecule has 0 saturated carbocycles. The number of amides is 1. The number of aromatic nitrogens is 4. The number of rotatable bonds is 5. The van der Waals surface area contributed by atoms with E-state index >= 15 is 0 Å². The van der Waals surface area contributed by atoms with Crippen molar-refractivity contribution in [1.82, 2.24) is 19.9 Å². The summed E-state index contributed by atoms with van der Waals surface area (Å²) < 4.78 is 6.91. The number of hydrogen-bond acceptors (Lipinski definition) is 6. The minimum Gasteiger partial charge on any atom is -0.338 e. The first-order chi connectivity index (χ1) is 11.9. The zero-order valence-corrected chi connectivity index (χ0v) is 15.3. The monoisotopic (exact) mass is 357 g/mol. The molecule has 3 rings (SSSR count). The van der Waals surface area contributed by atoms with Gasteiger partial charge in [0.05, 0.1) is 16.6 Å². The average molecular weight is 357 g/mol. The molecule has 1 N–H and O–H groups in total. The average Bonchev–Trinajstić information content (AvgIpc) is 3.16. The van der Waals surface area contributed by atoms with Crippen molar-refractivity contribution in [3.8, 4) is 5.69 Å². The first kappa shape index (κ1) is 17.2. The summed E-state index contributed by atoms with van der Waals surface area (Å²) in [6.07, 6.45) is 1.66. The number of carbonyl (C=O) groups excluding carboxylic acids is 1. The molecule has 0 spiro atoms. The van der Waals surface area contributed by atoms with Crippen molar-refractivity contribution < 1.29 is 9.32 Å². The van der Waals surface area contributed by atoms with E-state index in [2.05, 4.69) is 33.7 Å². The van der Waals surface area contributed by atoms with Crippen molar-refractivity contribution in [2.45, 2.75) is 38.1 Å². The van der Waals surface area contributed by atoms with Crippen molar-refractivity contribution in [3.05, 3.63) is 47.4 Å². The summed E-state index contributed by atoms with van der Waals surface area (Å²) in [5.74, 6) is 0.155. The standard InChI is InChI=1S/C17H19N5O2S/c1-10-5-6-14(11(2)7-10)22-9-18-20-17(22)25-13(4)16(23)19-15-8-12(3)21-24-15/h5-9,13H,1-4H3,(H,19,23). The Morgan fingerprint density at radius 1 is 1.28 bits per heavy atom. The summed E-state index contributed by atoms with van der Waals surface area (Å²) in [5, 5.41) is 14.9. The van der Waals surface area contributed by atoms with E-state index in [9.17, 15) is 4.79 Å². The highest BCUT2D eigenvalue weighted by atomic mass is 32.2. The fourth-order valence-electron chi connectivity index (χ4n) is 2.40. The molecule has 0 bridgehead atoms. The molecule has 1 unspecified atom stereocenters. The fraction of sp³-hybridized carbons (Fsp3) is 0.294. The smallest absolute Gasteiger partial charge is 0.240 e. The molecule has 8 heteroatoms. The van der Waals surface area contributed by atoms with E-state index in [1.807, 2.05) is 30.5 Å². The van der Waals surface area contributed by atoms with Gasteiger partial charge >= 0.3 is 0 Å². The van der Waals surface area contributed by atoms with Crippen LogP contribution < -0.4 is 5.32 Å². The third-order valence-corrected chi connectivity index (χ3v) is 4.71. The van der Waals surface area contributed by atoms with Crippen molar-refractivity contribution in [1.29, 1.82) is 0 Å². The molecule has 0 aliphatic rings. The van der Waals surface area contributed by atoms with Crippen LogP contribution in [0.3, 0.4) is 0 Å². The van der Waals surface area contributed by atoms with E-state index in [1.165, 1.54) is 17.3 Å². The summed E-state index contributed by atoms with van der Waals surface area (Å²) >= 11 is 1.33. The molecular weight excluding hydrogens is 338 g/mol. The minimum absolute atomic E-state index is 0.184. The zero-order valence-electron chi connectivity index (χ0n) is 14.5. The predicted octanol–water partition coefficient (Wildman–Crippen LogP) is 3.30. The maximum absolute atomic E-state index is 12.3. The Morgan fingerprint density at radius 2 is 2.08 bits per heavy atom. The molecule has 0 aliphatic carbocycles. The highest BCUT2D eigenvalue weighted by Gasteiger charge is 2.20. The fourth-order valence-corrected chi connectivity index (χ4v) is 3.24. The first-order valence-electron chi connectivity index (χ1n) is 7.82. The van der Waals surface area contributed by atoms with Crippen molar-refractivity contribution in [2.75, 3.05) is 5.32 Å². The number of hydrogen-bond donors (Lipinski definition) is 1. The number of benzene rings is 1. The van der Waals surface area contributed by atoms with Gasteiger partial charge in [-0.1, -0.05) is 34.6 Å². The number of thioether (sulfide) groups is 1. The molecule has 3 aromatic rings. The molecule has 2 aromatic heterocycles. The Balaban J connectivity index is 1.75. The molecule has 1 aromatic carbocycles. The molecule has 0 aliphatic heterocycles. The van der Waals surface area contributed by atoms with Gasteiger partial charge in [0.1, 0.15) is 6.33 Å². The van der Waals surface area contributed by atoms with E-state index in [1.54, 1.807) is 19.3 Å². The highest BCUT2D eigenvalue weighted by molar-refractivity contribution is 8.00. The van der Waals surface area contributed by atoms with Gasteiger partial charge in [-0.2, -0.15) is 0 Å². The number of nitrogens with one attached hydrogen (secondary N) is 1. The van der Waals surface area contributed by atoms with Crippen LogP contribution in [-0.4, -0.2) is 31.1 Å². The number of carbonyl (C=O) groups is 1. The maximum Gasteiger partial charge on any atom is 0.240 e. The van der Waals surface area contributed by atoms with Crippen LogP contribution in [-0.2, 0) is 4.79 Å². The van der Waals surface area contributed by atoms with E-state index in [-0.39, 0.29) is 11.2 Å². The van der Waals surface area contributed by atoms with Gasteiger partial charge in [0.15, 0.2) is 5.16 Å². The van der Waals surface area contributed by atoms with Crippen LogP contribution in [0.15, 0.2) is 40.3 Å². The van der Waals surface area contributed by atoms with Crippen LogP contribution in [0.2, 0.25) is 0 Å². The molecular formula is C17H19N5O2S. The molecule has 130 valence electrons. The molecule has 1 atom stereocenters. The summed E-state index contributed by atoms with van der Waals surface area (Å²) in [7, 11) is 0. The topological polar surface area (TPSA) is 85.8 Å². The van der Waals surface area contributed by atoms with Gasteiger partial charge in [-0.05, 0) is 39.3 Å². The van der Waals surface area contributed by atoms with Crippen molar-refractivity contribution in [3.63, 3.8) is 0 Å². The second-order valence-electron chi connectivity index (χ2n) is 5.86. The number of aryl methyl sites for hydroxylation is 3. The third-order valence-electron chi connectivity index (χ3n) is 3.65. The van der Waals surface area contributed by atoms with Crippen molar-refractivity contribution >= 4 is 23.6 Å². The number of nitrogens with zero attached hydrogens (tertiary/aromatic N) is 4. The summed E-state index contributed by atoms with van der Waals surface area (Å²) in [4.78, 5) is 12.3. The van der Waals surface area contributed by atoms with Gasteiger partial charge in [-0.3, -0.25) is 14.7 Å². The molecule has 0 radical (unpaired) electrons. The van der Waals surface area contributed by atoms with E-state index in [0.29, 0.717) is 16.7 Å². The molecule has 0 fully saturated rings. The lowest BCUT2D eigenvalue weighted by Gasteiger charge is -2.13. The number of anilines is 1. The minimum atomic E-state index is -0.376. The van der Waals surface area contributed by atoms with Crippen molar-refractivity contribution in [2.24, 2.45) is 0 Å². The Labute approximate surface area is 149 Å². The van der Waals surface area contributed by atoms with Gasteiger partial charge in [0, 0.05) is 6.07 Å². The molecule has 0 saturated heterocycles. The third kappa shape index (κ3) is 3.90. The Morgan fingerprint density at radius 3 is 2.76 bits per heavy atom. The van der Waals surface area contributed by atoms with Crippen LogP contribution in [0.4, 0.5) is 5.88 Å². The Hall–Kier alpha value is -2.61. The van der Waals surface area contributed by atoms with Gasteiger partial charge in [-0.15, -0.1) is 10.2 Å². The lowest BCUT2D eigenvalue weighted by atomic mass is 10.1.